The van der Waals surface area contributed by atoms with Crippen molar-refractivity contribution in [1.29, 1.82) is 0 Å². The molecule has 0 aliphatic rings. The van der Waals surface area contributed by atoms with Crippen LogP contribution in [0.15, 0.2) is 22.7 Å². The van der Waals surface area contributed by atoms with E-state index in [0.29, 0.717) is 6.61 Å². The van der Waals surface area contributed by atoms with Gasteiger partial charge in [0.1, 0.15) is 0 Å². The number of para-hydroxylation sites is 1. The molecule has 0 aromatic heterocycles. The van der Waals surface area contributed by atoms with Crippen LogP contribution in [0, 0.1) is 0 Å². The van der Waals surface area contributed by atoms with Gasteiger partial charge in [0.25, 0.3) is 0 Å². The number of hydrogen-bond acceptors (Lipinski definition) is 3. The third kappa shape index (κ3) is 5.27. The molecule has 0 aliphatic carbocycles. The summed E-state index contributed by atoms with van der Waals surface area (Å²) in [6.07, 6.45) is 3.36. The van der Waals surface area contributed by atoms with Gasteiger partial charge >= 0.3 is 0 Å². The Bertz CT molecular complexity index is 345. The molecule has 0 fully saturated rings. The molecule has 0 atom stereocenters. The predicted molar refractivity (Wildman–Crippen MR) is 78.6 cm³/mol. The summed E-state index contributed by atoms with van der Waals surface area (Å²) in [5.41, 5.74) is 0. The molecule has 4 heteroatoms. The van der Waals surface area contributed by atoms with Crippen LogP contribution in [0.1, 0.15) is 26.2 Å². The first-order valence-corrected chi connectivity index (χ1v) is 7.25. The predicted octanol–water partition coefficient (Wildman–Crippen LogP) is 3.62. The van der Waals surface area contributed by atoms with E-state index in [0.717, 1.165) is 41.9 Å². The fraction of sp³-hybridized carbons (Fsp3) is 0.571. The Kier molecular flexibility index (Phi) is 7.85. The molecule has 3 nitrogen and oxygen atoms in total. The van der Waals surface area contributed by atoms with E-state index < -0.39 is 0 Å². The van der Waals surface area contributed by atoms with Gasteiger partial charge in [0.2, 0.25) is 0 Å². The molecule has 1 aromatic rings. The van der Waals surface area contributed by atoms with E-state index in [4.69, 9.17) is 9.47 Å². The van der Waals surface area contributed by atoms with Crippen molar-refractivity contribution in [2.24, 2.45) is 0 Å². The molecule has 0 radical (unpaired) electrons. The van der Waals surface area contributed by atoms with Crippen molar-refractivity contribution in [1.82, 2.24) is 5.32 Å². The first-order chi connectivity index (χ1) is 8.79. The second kappa shape index (κ2) is 9.22. The molecule has 0 aliphatic heterocycles. The number of ether oxygens (including phenoxy) is 2. The number of benzene rings is 1. The van der Waals surface area contributed by atoms with Crippen molar-refractivity contribution in [3.05, 3.63) is 22.7 Å². The number of unbranched alkanes of at least 4 members (excludes halogenated alkanes) is 1. The second-order valence-corrected chi connectivity index (χ2v) is 4.93. The van der Waals surface area contributed by atoms with Gasteiger partial charge in [-0.05, 0) is 60.4 Å². The highest BCUT2D eigenvalue weighted by atomic mass is 79.9. The number of methoxy groups -OCH3 is 1. The van der Waals surface area contributed by atoms with E-state index in [2.05, 4.69) is 28.2 Å². The zero-order valence-electron chi connectivity index (χ0n) is 11.2. The Morgan fingerprint density at radius 1 is 1.22 bits per heavy atom. The zero-order valence-corrected chi connectivity index (χ0v) is 12.8. The number of halogens is 1. The van der Waals surface area contributed by atoms with Gasteiger partial charge < -0.3 is 14.8 Å². The van der Waals surface area contributed by atoms with Crippen molar-refractivity contribution in [3.8, 4) is 11.5 Å². The van der Waals surface area contributed by atoms with Gasteiger partial charge in [0.05, 0.1) is 18.2 Å². The maximum atomic E-state index is 5.77. The first-order valence-electron chi connectivity index (χ1n) is 6.45. The van der Waals surface area contributed by atoms with Crippen LogP contribution in [-0.2, 0) is 0 Å². The molecule has 0 heterocycles. The molecule has 1 rings (SSSR count). The Labute approximate surface area is 118 Å². The lowest BCUT2D eigenvalue weighted by Gasteiger charge is -2.12. The minimum absolute atomic E-state index is 0.715. The van der Waals surface area contributed by atoms with Gasteiger partial charge in [-0.25, -0.2) is 0 Å². The van der Waals surface area contributed by atoms with Crippen molar-refractivity contribution in [2.75, 3.05) is 26.8 Å². The Morgan fingerprint density at radius 3 is 2.78 bits per heavy atom. The molecule has 18 heavy (non-hydrogen) atoms. The fourth-order valence-corrected chi connectivity index (χ4v) is 2.08. The SMILES string of the molecule is CCCNCCCCOc1c(Br)cccc1OC. The lowest BCUT2D eigenvalue weighted by atomic mass is 10.3. The molecule has 1 aromatic carbocycles. The smallest absolute Gasteiger partial charge is 0.175 e. The van der Waals surface area contributed by atoms with Crippen LogP contribution in [0.4, 0.5) is 0 Å². The maximum Gasteiger partial charge on any atom is 0.175 e. The van der Waals surface area contributed by atoms with Crippen LogP contribution >= 0.6 is 15.9 Å². The normalized spacial score (nSPS) is 10.4. The van der Waals surface area contributed by atoms with Crippen molar-refractivity contribution in [2.45, 2.75) is 26.2 Å². The van der Waals surface area contributed by atoms with Crippen LogP contribution in [0.25, 0.3) is 0 Å². The minimum Gasteiger partial charge on any atom is -0.493 e. The second-order valence-electron chi connectivity index (χ2n) is 4.08. The molecule has 0 unspecified atom stereocenters. The topological polar surface area (TPSA) is 30.5 Å². The van der Waals surface area contributed by atoms with Crippen LogP contribution in [0.3, 0.4) is 0 Å². The summed E-state index contributed by atoms with van der Waals surface area (Å²) in [7, 11) is 1.66. The summed E-state index contributed by atoms with van der Waals surface area (Å²) in [4.78, 5) is 0. The summed E-state index contributed by atoms with van der Waals surface area (Å²) in [5.74, 6) is 1.56. The fourth-order valence-electron chi connectivity index (χ4n) is 1.62. The van der Waals surface area contributed by atoms with Gasteiger partial charge in [-0.3, -0.25) is 0 Å². The highest BCUT2D eigenvalue weighted by Gasteiger charge is 2.07. The van der Waals surface area contributed by atoms with Crippen molar-refractivity contribution < 1.29 is 9.47 Å². The molecule has 0 bridgehead atoms. The summed E-state index contributed by atoms with van der Waals surface area (Å²) in [5, 5.41) is 3.38. The van der Waals surface area contributed by atoms with Crippen LogP contribution in [0.5, 0.6) is 11.5 Å². The minimum atomic E-state index is 0.715. The molecule has 0 saturated carbocycles. The molecule has 102 valence electrons. The monoisotopic (exact) mass is 315 g/mol. The third-order valence-corrected chi connectivity index (χ3v) is 3.20. The van der Waals surface area contributed by atoms with Crippen molar-refractivity contribution >= 4 is 15.9 Å². The Hall–Kier alpha value is -0.740. The Morgan fingerprint density at radius 2 is 2.06 bits per heavy atom. The van der Waals surface area contributed by atoms with E-state index in [9.17, 15) is 0 Å². The molecule has 0 amide bonds. The third-order valence-electron chi connectivity index (χ3n) is 2.57. The number of nitrogens with one attached hydrogen (secondary N) is 1. The maximum absolute atomic E-state index is 5.77. The highest BCUT2D eigenvalue weighted by Crippen LogP contribution is 2.34. The molecule has 0 spiro atoms. The van der Waals surface area contributed by atoms with E-state index in [-0.39, 0.29) is 0 Å². The Balaban J connectivity index is 2.26. The van der Waals surface area contributed by atoms with Crippen LogP contribution in [0.2, 0.25) is 0 Å². The molecular formula is C14H22BrNO2. The lowest BCUT2D eigenvalue weighted by molar-refractivity contribution is 0.284. The van der Waals surface area contributed by atoms with E-state index in [1.54, 1.807) is 7.11 Å². The van der Waals surface area contributed by atoms with E-state index in [1.165, 1.54) is 6.42 Å². The zero-order chi connectivity index (χ0) is 13.2. The van der Waals surface area contributed by atoms with Gasteiger partial charge in [-0.2, -0.15) is 0 Å². The summed E-state index contributed by atoms with van der Waals surface area (Å²) < 4.78 is 12.0. The average Bonchev–Trinajstić information content (AvgIpc) is 2.39. The van der Waals surface area contributed by atoms with Gasteiger partial charge in [0, 0.05) is 0 Å². The highest BCUT2D eigenvalue weighted by molar-refractivity contribution is 9.10. The van der Waals surface area contributed by atoms with Gasteiger partial charge in [-0.1, -0.05) is 13.0 Å². The molecule has 0 saturated heterocycles. The van der Waals surface area contributed by atoms with Crippen LogP contribution in [-0.4, -0.2) is 26.8 Å². The van der Waals surface area contributed by atoms with E-state index >= 15 is 0 Å². The lowest BCUT2D eigenvalue weighted by Crippen LogP contribution is -2.16. The van der Waals surface area contributed by atoms with Gasteiger partial charge in [-0.15, -0.1) is 0 Å². The van der Waals surface area contributed by atoms with Crippen molar-refractivity contribution in [3.63, 3.8) is 0 Å². The summed E-state index contributed by atoms with van der Waals surface area (Å²) >= 11 is 3.47. The number of rotatable bonds is 9. The first kappa shape index (κ1) is 15.3. The standard InChI is InChI=1S/C14H22BrNO2/c1-3-9-16-10-4-5-11-18-14-12(15)7-6-8-13(14)17-2/h6-8,16H,3-5,9-11H2,1-2H3. The summed E-state index contributed by atoms with van der Waals surface area (Å²) in [6.45, 7) is 5.05. The average molecular weight is 316 g/mol. The largest absolute Gasteiger partial charge is 0.493 e. The quantitative estimate of drug-likeness (QED) is 0.706. The van der Waals surface area contributed by atoms with E-state index in [1.807, 2.05) is 18.2 Å². The molecule has 1 N–H and O–H groups in total. The summed E-state index contributed by atoms with van der Waals surface area (Å²) in [6, 6.07) is 5.80. The van der Waals surface area contributed by atoms with Gasteiger partial charge in [0.15, 0.2) is 11.5 Å². The number of hydrogen-bond donors (Lipinski definition) is 1. The van der Waals surface area contributed by atoms with Crippen LogP contribution < -0.4 is 14.8 Å². The molecular weight excluding hydrogens is 294 g/mol.